The summed E-state index contributed by atoms with van der Waals surface area (Å²) in [7, 11) is 0. The standard InChI is InChI=1S/C18H23IN6O2/c1-3-27-10-13-24-14-15(11-6-4-5-7-12(11)23-16(14)20)25(13)9-8-22-17(26)18(2,19)21/h4-7H,3,8-10,21H2,1-2H3,(H2,20,23)(H,22,26). The molecule has 0 bridgehead atoms. The van der Waals surface area contributed by atoms with Crippen LogP contribution < -0.4 is 16.8 Å². The molecule has 3 rings (SSSR count). The Balaban J connectivity index is 2.03. The fraction of sp³-hybridized carbons (Fsp3) is 0.389. The number of nitrogen functional groups attached to an aromatic ring is 1. The highest BCUT2D eigenvalue weighted by Crippen LogP contribution is 2.28. The summed E-state index contributed by atoms with van der Waals surface area (Å²) in [6.07, 6.45) is 0. The zero-order chi connectivity index (χ0) is 19.6. The number of hydrogen-bond acceptors (Lipinski definition) is 6. The molecule has 144 valence electrons. The van der Waals surface area contributed by atoms with Gasteiger partial charge in [-0.2, -0.15) is 0 Å². The first-order valence-electron chi connectivity index (χ1n) is 8.70. The van der Waals surface area contributed by atoms with E-state index in [1.54, 1.807) is 6.92 Å². The molecule has 1 amide bonds. The Hall–Kier alpha value is -1.98. The molecule has 1 unspecified atom stereocenters. The van der Waals surface area contributed by atoms with Crippen LogP contribution in [0.25, 0.3) is 21.9 Å². The number of hydrogen-bond donors (Lipinski definition) is 3. The van der Waals surface area contributed by atoms with Gasteiger partial charge in [0.2, 0.25) is 5.91 Å². The lowest BCUT2D eigenvalue weighted by Gasteiger charge is -2.17. The largest absolute Gasteiger partial charge is 0.382 e. The number of ether oxygens (including phenoxy) is 1. The molecule has 2 aromatic heterocycles. The van der Waals surface area contributed by atoms with E-state index in [1.165, 1.54) is 0 Å². The molecule has 0 saturated heterocycles. The van der Waals surface area contributed by atoms with E-state index in [2.05, 4.69) is 15.3 Å². The van der Waals surface area contributed by atoms with E-state index in [9.17, 15) is 4.79 Å². The van der Waals surface area contributed by atoms with Gasteiger partial charge in [-0.05, 0) is 19.9 Å². The lowest BCUT2D eigenvalue weighted by Crippen LogP contribution is -2.47. The van der Waals surface area contributed by atoms with Crippen molar-refractivity contribution in [3.8, 4) is 0 Å². The zero-order valence-electron chi connectivity index (χ0n) is 15.3. The summed E-state index contributed by atoms with van der Waals surface area (Å²) in [6.45, 7) is 5.46. The van der Waals surface area contributed by atoms with Crippen LogP contribution in [0.2, 0.25) is 0 Å². The molecule has 0 fully saturated rings. The Morgan fingerprint density at radius 3 is 2.81 bits per heavy atom. The van der Waals surface area contributed by atoms with Crippen molar-refractivity contribution in [2.75, 3.05) is 18.9 Å². The number of carbonyl (C=O) groups excluding carboxylic acids is 1. The van der Waals surface area contributed by atoms with Crippen molar-refractivity contribution in [3.05, 3.63) is 30.1 Å². The van der Waals surface area contributed by atoms with Gasteiger partial charge < -0.3 is 26.1 Å². The average Bonchev–Trinajstić information content (AvgIpc) is 2.98. The number of nitrogens with two attached hydrogens (primary N) is 2. The molecule has 5 N–H and O–H groups in total. The van der Waals surface area contributed by atoms with Gasteiger partial charge >= 0.3 is 0 Å². The van der Waals surface area contributed by atoms with Gasteiger partial charge in [-0.25, -0.2) is 9.97 Å². The number of pyridine rings is 1. The maximum absolute atomic E-state index is 12.1. The Labute approximate surface area is 170 Å². The number of carbonyl (C=O) groups is 1. The number of alkyl halides is 1. The van der Waals surface area contributed by atoms with Gasteiger partial charge in [0.1, 0.15) is 21.5 Å². The van der Waals surface area contributed by atoms with E-state index in [0.717, 1.165) is 22.2 Å². The molecule has 0 aliphatic heterocycles. The number of para-hydroxylation sites is 1. The number of amides is 1. The molecular weight excluding hydrogens is 459 g/mol. The molecule has 27 heavy (non-hydrogen) atoms. The summed E-state index contributed by atoms with van der Waals surface area (Å²) < 4.78 is 6.65. The number of fused-ring (bicyclic) bond motifs is 3. The maximum atomic E-state index is 12.1. The van der Waals surface area contributed by atoms with Crippen molar-refractivity contribution >= 4 is 56.3 Å². The fourth-order valence-corrected chi connectivity index (χ4v) is 3.09. The quantitative estimate of drug-likeness (QED) is 0.269. The Kier molecular flexibility index (Phi) is 5.82. The van der Waals surface area contributed by atoms with Crippen LogP contribution in [0.1, 0.15) is 19.7 Å². The normalized spacial score (nSPS) is 13.8. The van der Waals surface area contributed by atoms with Crippen LogP contribution in [0.15, 0.2) is 24.3 Å². The highest BCUT2D eigenvalue weighted by molar-refractivity contribution is 14.1. The highest BCUT2D eigenvalue weighted by Gasteiger charge is 2.24. The molecule has 9 heteroatoms. The van der Waals surface area contributed by atoms with Crippen LogP contribution in [0, 0.1) is 0 Å². The zero-order valence-corrected chi connectivity index (χ0v) is 17.5. The minimum Gasteiger partial charge on any atom is -0.382 e. The van der Waals surface area contributed by atoms with E-state index in [4.69, 9.17) is 16.2 Å². The molecule has 1 atom stereocenters. The molecule has 2 heterocycles. The van der Waals surface area contributed by atoms with Gasteiger partial charge in [0.15, 0.2) is 5.82 Å². The first-order valence-corrected chi connectivity index (χ1v) is 9.78. The van der Waals surface area contributed by atoms with E-state index >= 15 is 0 Å². The lowest BCUT2D eigenvalue weighted by atomic mass is 10.2. The van der Waals surface area contributed by atoms with Crippen LogP contribution >= 0.6 is 22.6 Å². The molecule has 0 spiro atoms. The number of imidazole rings is 1. The Morgan fingerprint density at radius 1 is 1.37 bits per heavy atom. The molecule has 0 aliphatic carbocycles. The average molecular weight is 482 g/mol. The van der Waals surface area contributed by atoms with Crippen LogP contribution in [-0.2, 0) is 22.7 Å². The number of nitrogens with zero attached hydrogens (tertiary/aromatic N) is 3. The molecule has 8 nitrogen and oxygen atoms in total. The SMILES string of the molecule is CCOCc1nc2c(N)nc3ccccc3c2n1CCNC(=O)C(C)(N)I. The van der Waals surface area contributed by atoms with Gasteiger partial charge in [0.25, 0.3) is 0 Å². The predicted molar refractivity (Wildman–Crippen MR) is 114 cm³/mol. The summed E-state index contributed by atoms with van der Waals surface area (Å²) in [4.78, 5) is 21.2. The van der Waals surface area contributed by atoms with Crippen LogP contribution in [0.4, 0.5) is 5.82 Å². The summed E-state index contributed by atoms with van der Waals surface area (Å²) in [5, 5.41) is 3.82. The molecule has 0 saturated carbocycles. The smallest absolute Gasteiger partial charge is 0.250 e. The van der Waals surface area contributed by atoms with Crippen molar-refractivity contribution in [3.63, 3.8) is 0 Å². The van der Waals surface area contributed by atoms with Crippen LogP contribution in [0.5, 0.6) is 0 Å². The first kappa shape index (κ1) is 19.8. The molecule has 0 aliphatic rings. The van der Waals surface area contributed by atoms with Gasteiger partial charge in [-0.15, -0.1) is 0 Å². The van der Waals surface area contributed by atoms with Gasteiger partial charge in [0, 0.05) is 25.1 Å². The van der Waals surface area contributed by atoms with E-state index in [0.29, 0.717) is 37.6 Å². The lowest BCUT2D eigenvalue weighted by molar-refractivity contribution is -0.122. The van der Waals surface area contributed by atoms with Crippen molar-refractivity contribution in [1.29, 1.82) is 0 Å². The van der Waals surface area contributed by atoms with Crippen LogP contribution in [-0.4, -0.2) is 37.1 Å². The molecule has 0 radical (unpaired) electrons. The van der Waals surface area contributed by atoms with Gasteiger partial charge in [-0.1, -0.05) is 40.8 Å². The summed E-state index contributed by atoms with van der Waals surface area (Å²) in [5.41, 5.74) is 14.3. The summed E-state index contributed by atoms with van der Waals surface area (Å²) in [5.74, 6) is 0.909. The van der Waals surface area contributed by atoms with E-state index in [-0.39, 0.29) is 5.91 Å². The fourth-order valence-electron chi connectivity index (χ4n) is 2.90. The second-order valence-corrected chi connectivity index (χ2v) is 8.60. The minimum absolute atomic E-state index is 0.218. The second kappa shape index (κ2) is 7.95. The third kappa shape index (κ3) is 4.14. The number of aromatic nitrogens is 3. The second-order valence-electron chi connectivity index (χ2n) is 6.36. The first-order chi connectivity index (χ1) is 12.8. The highest BCUT2D eigenvalue weighted by atomic mass is 127. The van der Waals surface area contributed by atoms with Crippen LogP contribution in [0.3, 0.4) is 0 Å². The number of benzene rings is 1. The third-order valence-electron chi connectivity index (χ3n) is 4.19. The summed E-state index contributed by atoms with van der Waals surface area (Å²) >= 11 is 1.91. The van der Waals surface area contributed by atoms with Crippen molar-refractivity contribution in [2.24, 2.45) is 5.73 Å². The number of halogens is 1. The maximum Gasteiger partial charge on any atom is 0.250 e. The predicted octanol–water partition coefficient (Wildman–Crippen LogP) is 1.93. The monoisotopic (exact) mass is 482 g/mol. The van der Waals surface area contributed by atoms with Crippen molar-refractivity contribution in [2.45, 2.75) is 30.5 Å². The van der Waals surface area contributed by atoms with E-state index in [1.807, 2.05) is 58.3 Å². The van der Waals surface area contributed by atoms with Gasteiger partial charge in [0.05, 0.1) is 11.0 Å². The summed E-state index contributed by atoms with van der Waals surface area (Å²) in [6, 6.07) is 7.79. The Morgan fingerprint density at radius 2 is 2.11 bits per heavy atom. The molecule has 3 aromatic rings. The number of rotatable bonds is 7. The van der Waals surface area contributed by atoms with Crippen molar-refractivity contribution in [1.82, 2.24) is 19.9 Å². The van der Waals surface area contributed by atoms with E-state index < -0.39 is 3.55 Å². The Bertz CT molecular complexity index is 979. The molecule has 1 aromatic carbocycles. The van der Waals surface area contributed by atoms with Gasteiger partial charge in [-0.3, -0.25) is 4.79 Å². The van der Waals surface area contributed by atoms with Crippen molar-refractivity contribution < 1.29 is 9.53 Å². The number of anilines is 1. The number of nitrogens with one attached hydrogen (secondary N) is 1. The molecular formula is C18H23IN6O2. The third-order valence-corrected chi connectivity index (χ3v) is 4.68. The topological polar surface area (TPSA) is 121 Å². The minimum atomic E-state index is -0.954.